The Balaban J connectivity index is 2.19. The lowest BCUT2D eigenvalue weighted by Gasteiger charge is -2.39. The molecule has 1 unspecified atom stereocenters. The van der Waals surface area contributed by atoms with Gasteiger partial charge in [-0.3, -0.25) is 4.79 Å². The molecule has 1 fully saturated rings. The number of alkyl carbamates (subject to hydrolysis) is 1. The number of nitrogens with one attached hydrogen (secondary N) is 1. The highest BCUT2D eigenvalue weighted by Crippen LogP contribution is 2.29. The van der Waals surface area contributed by atoms with Crippen molar-refractivity contribution >= 4 is 12.0 Å². The van der Waals surface area contributed by atoms with E-state index in [1.807, 2.05) is 45.0 Å². The number of hydrogen-bond donors (Lipinski definition) is 1. The summed E-state index contributed by atoms with van der Waals surface area (Å²) in [4.78, 5) is 26.6. The second-order valence-electron chi connectivity index (χ2n) is 7.67. The molecule has 27 heavy (non-hydrogen) atoms. The number of nitrogens with zero attached hydrogens (tertiary/aromatic N) is 1. The van der Waals surface area contributed by atoms with Gasteiger partial charge in [0.15, 0.2) is 0 Å². The zero-order valence-corrected chi connectivity index (χ0v) is 16.8. The summed E-state index contributed by atoms with van der Waals surface area (Å²) in [6.07, 6.45) is -0.288. The Hall–Kier alpha value is -2.28. The Labute approximate surface area is 161 Å². The normalized spacial score (nSPS) is 20.3. The number of methoxy groups -OCH3 is 2. The minimum Gasteiger partial charge on any atom is -0.497 e. The lowest BCUT2D eigenvalue weighted by atomic mass is 9.85. The highest BCUT2D eigenvalue weighted by molar-refractivity contribution is 5.79. The Bertz CT molecular complexity index is 639. The van der Waals surface area contributed by atoms with Crippen LogP contribution < -0.4 is 10.1 Å². The van der Waals surface area contributed by atoms with Crippen molar-refractivity contribution < 1.29 is 23.8 Å². The van der Waals surface area contributed by atoms with Crippen molar-refractivity contribution in [3.05, 3.63) is 29.8 Å². The van der Waals surface area contributed by atoms with Gasteiger partial charge in [-0.1, -0.05) is 12.1 Å². The second kappa shape index (κ2) is 9.08. The van der Waals surface area contributed by atoms with Crippen molar-refractivity contribution in [1.82, 2.24) is 10.2 Å². The number of ether oxygens (including phenoxy) is 3. The van der Waals surface area contributed by atoms with E-state index in [9.17, 15) is 9.59 Å². The van der Waals surface area contributed by atoms with E-state index in [-0.39, 0.29) is 24.3 Å². The average molecular weight is 378 g/mol. The number of carbonyl (C=O) groups excluding carboxylic acids is 2. The third-order valence-corrected chi connectivity index (χ3v) is 4.46. The van der Waals surface area contributed by atoms with Crippen molar-refractivity contribution in [2.75, 3.05) is 33.9 Å². The third kappa shape index (κ3) is 6.13. The average Bonchev–Trinajstić information content (AvgIpc) is 2.59. The zero-order chi connectivity index (χ0) is 20.0. The fourth-order valence-corrected chi connectivity index (χ4v) is 3.14. The zero-order valence-electron chi connectivity index (χ0n) is 16.8. The molecule has 2 atom stereocenters. The van der Waals surface area contributed by atoms with E-state index in [4.69, 9.17) is 14.2 Å². The molecule has 0 saturated carbocycles. The van der Waals surface area contributed by atoms with E-state index in [1.54, 1.807) is 19.1 Å². The summed E-state index contributed by atoms with van der Waals surface area (Å²) < 4.78 is 15.7. The van der Waals surface area contributed by atoms with Gasteiger partial charge in [0.1, 0.15) is 11.4 Å². The molecule has 0 spiro atoms. The molecule has 7 nitrogen and oxygen atoms in total. The molecule has 150 valence electrons. The fraction of sp³-hybridized carbons (Fsp3) is 0.600. The summed E-state index contributed by atoms with van der Waals surface area (Å²) in [6.45, 7) is 6.95. The van der Waals surface area contributed by atoms with Gasteiger partial charge in [0.05, 0.1) is 13.7 Å². The van der Waals surface area contributed by atoms with Crippen LogP contribution in [0.4, 0.5) is 4.79 Å². The topological polar surface area (TPSA) is 77.1 Å². The first-order chi connectivity index (χ1) is 12.7. The summed E-state index contributed by atoms with van der Waals surface area (Å²) in [5.74, 6) is 0.717. The molecule has 0 aliphatic carbocycles. The Kier molecular flexibility index (Phi) is 7.07. The molecule has 1 heterocycles. The highest BCUT2D eigenvalue weighted by atomic mass is 16.6. The molecule has 0 bridgehead atoms. The van der Waals surface area contributed by atoms with E-state index in [0.717, 1.165) is 11.3 Å². The number of hydrogen-bond acceptors (Lipinski definition) is 5. The van der Waals surface area contributed by atoms with Crippen molar-refractivity contribution in [3.8, 4) is 5.75 Å². The molecule has 1 aromatic carbocycles. The highest BCUT2D eigenvalue weighted by Gasteiger charge is 2.36. The van der Waals surface area contributed by atoms with Crippen LogP contribution >= 0.6 is 0 Å². The molecule has 1 aromatic rings. The van der Waals surface area contributed by atoms with Crippen molar-refractivity contribution in [2.45, 2.75) is 44.8 Å². The second-order valence-corrected chi connectivity index (χ2v) is 7.67. The summed E-state index contributed by atoms with van der Waals surface area (Å²) in [6, 6.07) is 7.38. The maximum Gasteiger partial charge on any atom is 0.407 e. The maximum absolute atomic E-state index is 12.5. The molecule has 2 rings (SSSR count). The quantitative estimate of drug-likeness (QED) is 0.823. The van der Waals surface area contributed by atoms with E-state index >= 15 is 0 Å². The summed E-state index contributed by atoms with van der Waals surface area (Å²) in [5.41, 5.74) is 0.440. The molecule has 1 aliphatic heterocycles. The molecular formula is C20H30N2O5. The molecule has 7 heteroatoms. The SMILES string of the molecule is COCCN1CC(c2ccc(OC)cc2)[C@H](NC(=O)OC(C)(C)C)CC1=O. The lowest BCUT2D eigenvalue weighted by molar-refractivity contribution is -0.135. The minimum atomic E-state index is -0.594. The predicted molar refractivity (Wildman–Crippen MR) is 102 cm³/mol. The monoisotopic (exact) mass is 378 g/mol. The van der Waals surface area contributed by atoms with Gasteiger partial charge in [0.25, 0.3) is 0 Å². The van der Waals surface area contributed by atoms with Gasteiger partial charge in [-0.2, -0.15) is 0 Å². The van der Waals surface area contributed by atoms with Gasteiger partial charge in [0, 0.05) is 38.6 Å². The van der Waals surface area contributed by atoms with Crippen molar-refractivity contribution in [2.24, 2.45) is 0 Å². The molecule has 1 saturated heterocycles. The first-order valence-electron chi connectivity index (χ1n) is 9.13. The third-order valence-electron chi connectivity index (χ3n) is 4.46. The van der Waals surface area contributed by atoms with Crippen LogP contribution in [0.5, 0.6) is 5.75 Å². The largest absolute Gasteiger partial charge is 0.497 e. The van der Waals surface area contributed by atoms with Gasteiger partial charge < -0.3 is 24.4 Å². The Morgan fingerprint density at radius 3 is 2.44 bits per heavy atom. The van der Waals surface area contributed by atoms with Crippen LogP contribution in [0.15, 0.2) is 24.3 Å². The van der Waals surface area contributed by atoms with Gasteiger partial charge in [-0.15, -0.1) is 0 Å². The van der Waals surface area contributed by atoms with Crippen LogP contribution in [0, 0.1) is 0 Å². The van der Waals surface area contributed by atoms with Crippen LogP contribution in [0.1, 0.15) is 38.7 Å². The van der Waals surface area contributed by atoms with Gasteiger partial charge in [-0.25, -0.2) is 4.79 Å². The van der Waals surface area contributed by atoms with Gasteiger partial charge in [-0.05, 0) is 38.5 Å². The summed E-state index contributed by atoms with van der Waals surface area (Å²) >= 11 is 0. The summed E-state index contributed by atoms with van der Waals surface area (Å²) in [7, 11) is 3.23. The van der Waals surface area contributed by atoms with Crippen molar-refractivity contribution in [3.63, 3.8) is 0 Å². The Morgan fingerprint density at radius 2 is 1.89 bits per heavy atom. The number of likely N-dealkylation sites (tertiary alicyclic amines) is 1. The number of rotatable bonds is 6. The van der Waals surface area contributed by atoms with Gasteiger partial charge >= 0.3 is 6.09 Å². The first kappa shape index (κ1) is 21.0. The number of carbonyl (C=O) groups is 2. The van der Waals surface area contributed by atoms with Crippen molar-refractivity contribution in [1.29, 1.82) is 0 Å². The van der Waals surface area contributed by atoms with Crippen LogP contribution in [-0.4, -0.2) is 62.5 Å². The van der Waals surface area contributed by atoms with Crippen LogP contribution in [0.2, 0.25) is 0 Å². The number of benzene rings is 1. The van der Waals surface area contributed by atoms with Crippen LogP contribution in [-0.2, 0) is 14.3 Å². The minimum absolute atomic E-state index is 0.00197. The number of amides is 2. The van der Waals surface area contributed by atoms with E-state index in [1.165, 1.54) is 0 Å². The first-order valence-corrected chi connectivity index (χ1v) is 9.13. The summed E-state index contributed by atoms with van der Waals surface area (Å²) in [5, 5.41) is 2.89. The van der Waals surface area contributed by atoms with Gasteiger partial charge in [0.2, 0.25) is 5.91 Å². The molecule has 0 radical (unpaired) electrons. The predicted octanol–water partition coefficient (Wildman–Crippen LogP) is 2.55. The number of piperidine rings is 1. The Morgan fingerprint density at radius 1 is 1.22 bits per heavy atom. The van der Waals surface area contributed by atoms with E-state index < -0.39 is 11.7 Å². The van der Waals surface area contributed by atoms with E-state index in [0.29, 0.717) is 19.7 Å². The lowest BCUT2D eigenvalue weighted by Crippen LogP contribution is -2.53. The molecule has 2 amide bonds. The fourth-order valence-electron chi connectivity index (χ4n) is 3.14. The molecule has 0 aromatic heterocycles. The van der Waals surface area contributed by atoms with Crippen LogP contribution in [0.3, 0.4) is 0 Å². The smallest absolute Gasteiger partial charge is 0.407 e. The standard InChI is InChI=1S/C20H30N2O5/c1-20(2,3)27-19(24)21-17-12-18(23)22(10-11-25-4)13-16(17)14-6-8-15(26-5)9-7-14/h6-9,16-17H,10-13H2,1-5H3,(H,21,24)/t16?,17-/m1/s1. The van der Waals surface area contributed by atoms with E-state index in [2.05, 4.69) is 5.32 Å². The molecule has 1 aliphatic rings. The van der Waals surface area contributed by atoms with Crippen LogP contribution in [0.25, 0.3) is 0 Å². The maximum atomic E-state index is 12.5. The molecular weight excluding hydrogens is 348 g/mol. The molecule has 1 N–H and O–H groups in total.